The normalized spacial score (nSPS) is 9.13. The third-order valence-corrected chi connectivity index (χ3v) is 5.71. The van der Waals surface area contributed by atoms with Crippen LogP contribution >= 0.6 is 15.9 Å². The van der Waals surface area contributed by atoms with E-state index in [1.54, 1.807) is 7.05 Å². The summed E-state index contributed by atoms with van der Waals surface area (Å²) >= 11 is 3.42. The number of aliphatic hydroxyl groups excluding tert-OH is 2. The number of rotatable bonds is 12. The average molecular weight is 726 g/mol. The van der Waals surface area contributed by atoms with Crippen LogP contribution in [-0.2, 0) is 36.9 Å². The van der Waals surface area contributed by atoms with Crippen LogP contribution in [0.25, 0.3) is 0 Å². The first kappa shape index (κ1) is 49.6. The Kier molecular flexibility index (Phi) is 45.8. The van der Waals surface area contributed by atoms with Gasteiger partial charge in [-0.1, -0.05) is 15.9 Å². The number of nitrogens with one attached hydrogen (secondary N) is 1. The first-order valence-electron chi connectivity index (χ1n) is 11.6. The van der Waals surface area contributed by atoms with Crippen LogP contribution in [0.5, 0.6) is 0 Å². The van der Waals surface area contributed by atoms with Gasteiger partial charge in [-0.25, -0.2) is 18.3 Å². The smallest absolute Gasteiger partial charge is 1.00 e. The molecule has 0 aromatic carbocycles. The zero-order valence-corrected chi connectivity index (χ0v) is 34.0. The van der Waals surface area contributed by atoms with Gasteiger partial charge in [0.05, 0.1) is 40.4 Å². The number of carbonyl (C=O) groups excluding carboxylic acids is 1. The van der Waals surface area contributed by atoms with Crippen molar-refractivity contribution in [3.8, 4) is 0 Å². The van der Waals surface area contributed by atoms with Crippen LogP contribution in [0, 0.1) is 13.8 Å². The van der Waals surface area contributed by atoms with E-state index in [9.17, 15) is 0 Å². The monoisotopic (exact) mass is 723 g/mol. The van der Waals surface area contributed by atoms with Gasteiger partial charge in [0.25, 0.3) is 18.1 Å². The summed E-state index contributed by atoms with van der Waals surface area (Å²) in [5.41, 5.74) is 0. The van der Waals surface area contributed by atoms with Crippen LogP contribution in [0.3, 0.4) is 0 Å². The van der Waals surface area contributed by atoms with Crippen LogP contribution in [0.4, 0.5) is 0 Å². The quantitative estimate of drug-likeness (QED) is 0.0497. The summed E-state index contributed by atoms with van der Waals surface area (Å²) in [5.74, 6) is 2.59. The Morgan fingerprint density at radius 3 is 1.76 bits per heavy atom. The minimum atomic E-state index is -0.181. The fourth-order valence-electron chi connectivity index (χ4n) is 2.81. The van der Waals surface area contributed by atoms with Gasteiger partial charge in [-0.05, 0) is 26.9 Å². The SMILES string of the molecule is CNCCO.Cc1n(CCCBr)cc[n+]1C.Cc1n(CCCN(C)CCO)cc[n+]1C.O=CO[O-].[Br-].[H-].[K+].[K+]. The summed E-state index contributed by atoms with van der Waals surface area (Å²) in [6.07, 6.45) is 10.7. The number of carbonyl (C=O) groups is 1. The van der Waals surface area contributed by atoms with E-state index in [4.69, 9.17) is 20.3 Å². The number of nitrogens with zero attached hydrogens (tertiary/aromatic N) is 5. The molecule has 0 radical (unpaired) electrons. The Bertz CT molecular complexity index is 777. The predicted molar refractivity (Wildman–Crippen MR) is 138 cm³/mol. The molecule has 0 atom stereocenters. The van der Waals surface area contributed by atoms with Crippen molar-refractivity contribution in [3.05, 3.63) is 36.4 Å². The molecule has 2 aromatic rings. The minimum Gasteiger partial charge on any atom is -1.00 e. The van der Waals surface area contributed by atoms with Crippen molar-refractivity contribution in [2.45, 2.75) is 39.8 Å². The standard InChI is InChI=1S/C11H22N3O.C8H14BrN2.C3H9NO.CH2O3.BrH.2K.H/c1-11-13(3)7-8-14(11)6-4-5-12(2)9-10-15;1-8-10(2)6-7-11(8)5-3-4-9;1-4-2-3-5;2-1-4-3;;;;/h7-8,15H,4-6,9-10H2,1-3H3;6-7H,3-5H2,1-2H3;4-5H,2-3H2,1H3;1,3H;1H;;;/q2*+1;;;;2*+1;-1/p-2. The van der Waals surface area contributed by atoms with E-state index in [-0.39, 0.29) is 141 Å². The zero-order chi connectivity index (χ0) is 27.1. The number of aromatic nitrogens is 4. The van der Waals surface area contributed by atoms with Crippen molar-refractivity contribution >= 4 is 22.4 Å². The van der Waals surface area contributed by atoms with Crippen LogP contribution in [0.15, 0.2) is 24.8 Å². The van der Waals surface area contributed by atoms with Gasteiger partial charge in [-0.15, -0.1) is 0 Å². The summed E-state index contributed by atoms with van der Waals surface area (Å²) in [5, 5.41) is 29.0. The van der Waals surface area contributed by atoms with E-state index in [2.05, 4.69) is 102 Å². The van der Waals surface area contributed by atoms with E-state index in [0.29, 0.717) is 6.54 Å². The second kappa shape index (κ2) is 35.1. The Morgan fingerprint density at radius 2 is 1.50 bits per heavy atom. The van der Waals surface area contributed by atoms with E-state index in [1.165, 1.54) is 18.1 Å². The molecular weight excluding hydrogens is 678 g/mol. The van der Waals surface area contributed by atoms with Gasteiger partial charge in [0.1, 0.15) is 24.8 Å². The van der Waals surface area contributed by atoms with Gasteiger partial charge in [0.2, 0.25) is 0 Å². The third-order valence-electron chi connectivity index (χ3n) is 5.15. The minimum absolute atomic E-state index is 0. The summed E-state index contributed by atoms with van der Waals surface area (Å²) in [4.78, 5) is 13.4. The van der Waals surface area contributed by atoms with E-state index in [1.807, 2.05) is 7.05 Å². The molecule has 15 heteroatoms. The molecule has 0 amide bonds. The van der Waals surface area contributed by atoms with Gasteiger partial charge in [-0.2, -0.15) is 0 Å². The number of likely N-dealkylation sites (N-methyl/N-ethyl adjacent to an activating group) is 2. The molecule has 3 N–H and O–H groups in total. The zero-order valence-electron chi connectivity index (χ0n) is 25.6. The Labute approximate surface area is 334 Å². The van der Waals surface area contributed by atoms with E-state index >= 15 is 0 Å². The molecular formula is C23H47Br2K2N6O5+. The maximum absolute atomic E-state index is 8.75. The Hall–Kier alpha value is 1.92. The molecule has 2 heterocycles. The van der Waals surface area contributed by atoms with Crippen LogP contribution in [0.1, 0.15) is 25.9 Å². The van der Waals surface area contributed by atoms with Gasteiger partial charge in [-0.3, -0.25) is 4.79 Å². The molecule has 11 nitrogen and oxygen atoms in total. The van der Waals surface area contributed by atoms with Crippen molar-refractivity contribution in [2.24, 2.45) is 14.1 Å². The van der Waals surface area contributed by atoms with E-state index in [0.717, 1.165) is 37.9 Å². The van der Waals surface area contributed by atoms with Gasteiger partial charge in [0.15, 0.2) is 0 Å². The molecule has 0 fully saturated rings. The second-order valence-electron chi connectivity index (χ2n) is 7.74. The van der Waals surface area contributed by atoms with Crippen LogP contribution in [0.2, 0.25) is 0 Å². The average Bonchev–Trinajstić information content (AvgIpc) is 3.34. The van der Waals surface area contributed by atoms with Gasteiger partial charge >= 0.3 is 103 Å². The first-order chi connectivity index (χ1) is 16.7. The molecule has 0 saturated heterocycles. The molecule has 214 valence electrons. The third kappa shape index (κ3) is 26.8. The first-order valence-corrected chi connectivity index (χ1v) is 12.7. The van der Waals surface area contributed by atoms with E-state index < -0.39 is 0 Å². The summed E-state index contributed by atoms with van der Waals surface area (Å²) < 4.78 is 8.78. The number of imidazole rings is 2. The van der Waals surface area contributed by atoms with Crippen LogP contribution < -0.4 is 139 Å². The van der Waals surface area contributed by atoms with Gasteiger partial charge < -0.3 is 49.0 Å². The molecule has 0 bridgehead atoms. The van der Waals surface area contributed by atoms with Crippen LogP contribution in [-0.4, -0.2) is 83.0 Å². The number of alkyl halides is 1. The molecule has 0 aliphatic rings. The van der Waals surface area contributed by atoms with Gasteiger partial charge in [0, 0.05) is 38.8 Å². The van der Waals surface area contributed by atoms with Crippen molar-refractivity contribution in [1.29, 1.82) is 0 Å². The number of aryl methyl sites for hydroxylation is 4. The molecule has 0 unspecified atom stereocenters. The number of hydrogen-bond donors (Lipinski definition) is 3. The van der Waals surface area contributed by atoms with Crippen molar-refractivity contribution < 1.29 is 155 Å². The van der Waals surface area contributed by atoms with Crippen molar-refractivity contribution in [1.82, 2.24) is 19.4 Å². The predicted octanol–water partition coefficient (Wildman–Crippen LogP) is -9.90. The second-order valence-corrected chi connectivity index (χ2v) is 8.53. The number of hydrogen-bond acceptors (Lipinski definition) is 7. The van der Waals surface area contributed by atoms with Crippen molar-refractivity contribution in [3.63, 3.8) is 0 Å². The fraction of sp³-hybridized carbons (Fsp3) is 0.696. The summed E-state index contributed by atoms with van der Waals surface area (Å²) in [6, 6.07) is 0. The maximum atomic E-state index is 8.75. The molecule has 2 aromatic heterocycles. The molecule has 2 rings (SSSR count). The number of aliphatic hydroxyl groups is 2. The summed E-state index contributed by atoms with van der Waals surface area (Å²) in [6.45, 7) is 9.19. The molecule has 0 spiro atoms. The summed E-state index contributed by atoms with van der Waals surface area (Å²) in [7, 11) is 7.97. The molecule has 0 saturated carbocycles. The maximum Gasteiger partial charge on any atom is 1.00 e. The molecule has 38 heavy (non-hydrogen) atoms. The topological polar surface area (TPSA) is 123 Å². The number of halogens is 2. The fourth-order valence-corrected chi connectivity index (χ4v) is 3.06. The Morgan fingerprint density at radius 1 is 1.05 bits per heavy atom. The van der Waals surface area contributed by atoms with Crippen molar-refractivity contribution in [2.75, 3.05) is 52.3 Å². The largest absolute Gasteiger partial charge is 1.00 e. The Balaban J connectivity index is -0.000000101. The molecule has 0 aliphatic carbocycles. The molecule has 0 aliphatic heterocycles.